The van der Waals surface area contributed by atoms with Crippen LogP contribution in [-0.4, -0.2) is 24.7 Å². The maximum Gasteiger partial charge on any atom is 0.118 e. The molecule has 0 aliphatic rings. The maximum absolute atomic E-state index is 6.06. The third-order valence-corrected chi connectivity index (χ3v) is 4.39. The number of aryl methyl sites for hydroxylation is 1. The lowest BCUT2D eigenvalue weighted by Gasteiger charge is -2.22. The zero-order chi connectivity index (χ0) is 15.2. The third kappa shape index (κ3) is 4.27. The highest BCUT2D eigenvalue weighted by molar-refractivity contribution is 7.09. The number of hydrogen-bond donors (Lipinski definition) is 1. The largest absolute Gasteiger partial charge is 0.497 e. The van der Waals surface area contributed by atoms with Crippen LogP contribution in [0, 0.1) is 6.92 Å². The third-order valence-electron chi connectivity index (χ3n) is 3.39. The van der Waals surface area contributed by atoms with Crippen LogP contribution in [0.5, 0.6) is 5.75 Å². The van der Waals surface area contributed by atoms with Crippen LogP contribution in [0.3, 0.4) is 0 Å². The number of methoxy groups -OCH3 is 1. The lowest BCUT2D eigenvalue weighted by atomic mass is 10.0. The average Bonchev–Trinajstić information content (AvgIpc) is 2.89. The highest BCUT2D eigenvalue weighted by Crippen LogP contribution is 2.23. The Kier molecular flexibility index (Phi) is 5.73. The van der Waals surface area contributed by atoms with Crippen LogP contribution in [-0.2, 0) is 11.2 Å². The molecule has 1 aromatic carbocycles. The van der Waals surface area contributed by atoms with Gasteiger partial charge in [0.15, 0.2) is 0 Å². The molecule has 0 amide bonds. The first-order valence-corrected chi connectivity index (χ1v) is 7.90. The van der Waals surface area contributed by atoms with Gasteiger partial charge < -0.3 is 15.2 Å². The molecule has 1 heterocycles. The zero-order valence-electron chi connectivity index (χ0n) is 12.7. The van der Waals surface area contributed by atoms with E-state index < -0.39 is 0 Å². The minimum absolute atomic E-state index is 0.0686. The molecule has 0 spiro atoms. The van der Waals surface area contributed by atoms with E-state index in [-0.39, 0.29) is 12.1 Å². The predicted octanol–water partition coefficient (Wildman–Crippen LogP) is 3.11. The number of nitrogens with zero attached hydrogens (tertiary/aromatic N) is 1. The Morgan fingerprint density at radius 2 is 2.00 bits per heavy atom. The molecule has 2 unspecified atom stereocenters. The van der Waals surface area contributed by atoms with Gasteiger partial charge in [-0.05, 0) is 31.5 Å². The lowest BCUT2D eigenvalue weighted by Crippen LogP contribution is -2.27. The summed E-state index contributed by atoms with van der Waals surface area (Å²) in [6, 6.07) is 7.80. The Labute approximate surface area is 129 Å². The van der Waals surface area contributed by atoms with Crippen molar-refractivity contribution >= 4 is 11.3 Å². The molecular formula is C16H22N2O2S. The van der Waals surface area contributed by atoms with Crippen LogP contribution in [0.1, 0.15) is 29.2 Å². The first-order chi connectivity index (χ1) is 10.1. The minimum atomic E-state index is -0.107. The molecule has 0 fully saturated rings. The van der Waals surface area contributed by atoms with E-state index in [1.807, 2.05) is 43.6 Å². The highest BCUT2D eigenvalue weighted by Gasteiger charge is 2.17. The van der Waals surface area contributed by atoms with Gasteiger partial charge in [0.1, 0.15) is 5.75 Å². The Hall–Kier alpha value is -1.43. The standard InChI is InChI=1S/C16H22N2O2S/c1-11(17)16(13-4-6-14(19-3)7-5-13)20-9-8-15-12(2)18-10-21-15/h4-7,10-11,16H,8-9,17H2,1-3H3. The van der Waals surface area contributed by atoms with Crippen LogP contribution in [0.2, 0.25) is 0 Å². The van der Waals surface area contributed by atoms with E-state index in [1.54, 1.807) is 18.4 Å². The smallest absolute Gasteiger partial charge is 0.118 e. The summed E-state index contributed by atoms with van der Waals surface area (Å²) in [4.78, 5) is 5.52. The second-order valence-corrected chi connectivity index (χ2v) is 5.97. The van der Waals surface area contributed by atoms with E-state index in [4.69, 9.17) is 15.2 Å². The molecule has 0 radical (unpaired) electrons. The van der Waals surface area contributed by atoms with Crippen molar-refractivity contribution in [3.05, 3.63) is 45.9 Å². The minimum Gasteiger partial charge on any atom is -0.497 e. The number of ether oxygens (including phenoxy) is 2. The number of hydrogen-bond acceptors (Lipinski definition) is 5. The summed E-state index contributed by atoms with van der Waals surface area (Å²) < 4.78 is 11.2. The molecule has 2 N–H and O–H groups in total. The molecule has 0 aliphatic carbocycles. The SMILES string of the molecule is COc1ccc(C(OCCc2scnc2C)C(C)N)cc1. The Bertz CT molecular complexity index is 552. The van der Waals surface area contributed by atoms with Gasteiger partial charge in [0.2, 0.25) is 0 Å². The summed E-state index contributed by atoms with van der Waals surface area (Å²) in [5, 5.41) is 0. The first-order valence-electron chi connectivity index (χ1n) is 7.02. The average molecular weight is 306 g/mol. The van der Waals surface area contributed by atoms with E-state index in [9.17, 15) is 0 Å². The summed E-state index contributed by atoms with van der Waals surface area (Å²) >= 11 is 1.67. The van der Waals surface area contributed by atoms with Crippen LogP contribution in [0.15, 0.2) is 29.8 Å². The number of rotatable bonds is 7. The molecule has 0 aliphatic heterocycles. The predicted molar refractivity (Wildman–Crippen MR) is 85.9 cm³/mol. The van der Waals surface area contributed by atoms with Crippen molar-refractivity contribution in [2.24, 2.45) is 5.73 Å². The molecule has 4 nitrogen and oxygen atoms in total. The van der Waals surface area contributed by atoms with Crippen LogP contribution in [0.4, 0.5) is 0 Å². The fourth-order valence-electron chi connectivity index (χ4n) is 2.19. The van der Waals surface area contributed by atoms with E-state index in [1.165, 1.54) is 4.88 Å². The van der Waals surface area contributed by atoms with Gasteiger partial charge in [-0.2, -0.15) is 0 Å². The highest BCUT2D eigenvalue weighted by atomic mass is 32.1. The molecule has 1 aromatic heterocycles. The van der Waals surface area contributed by atoms with Gasteiger partial charge >= 0.3 is 0 Å². The summed E-state index contributed by atoms with van der Waals surface area (Å²) in [7, 11) is 1.66. The topological polar surface area (TPSA) is 57.4 Å². The zero-order valence-corrected chi connectivity index (χ0v) is 13.5. The number of benzene rings is 1. The van der Waals surface area contributed by atoms with Crippen molar-refractivity contribution in [1.82, 2.24) is 4.98 Å². The Balaban J connectivity index is 1.97. The van der Waals surface area contributed by atoms with Gasteiger partial charge in [-0.3, -0.25) is 0 Å². The van der Waals surface area contributed by atoms with Crippen molar-refractivity contribution in [1.29, 1.82) is 0 Å². The van der Waals surface area contributed by atoms with Gasteiger partial charge in [-0.15, -0.1) is 11.3 Å². The molecular weight excluding hydrogens is 284 g/mol. The molecule has 0 saturated heterocycles. The van der Waals surface area contributed by atoms with Crippen molar-refractivity contribution in [2.45, 2.75) is 32.4 Å². The molecule has 114 valence electrons. The second kappa shape index (κ2) is 7.54. The molecule has 0 bridgehead atoms. The number of nitrogens with two attached hydrogens (primary N) is 1. The van der Waals surface area contributed by atoms with Crippen LogP contribution in [0.25, 0.3) is 0 Å². The molecule has 2 atom stereocenters. The lowest BCUT2D eigenvalue weighted by molar-refractivity contribution is 0.0405. The summed E-state index contributed by atoms with van der Waals surface area (Å²) in [5.41, 5.74) is 10.1. The molecule has 2 aromatic rings. The molecule has 21 heavy (non-hydrogen) atoms. The van der Waals surface area contributed by atoms with Crippen LogP contribution < -0.4 is 10.5 Å². The Morgan fingerprint density at radius 3 is 2.52 bits per heavy atom. The monoisotopic (exact) mass is 306 g/mol. The quantitative estimate of drug-likeness (QED) is 0.854. The van der Waals surface area contributed by atoms with Gasteiger partial charge in [-0.25, -0.2) is 4.98 Å². The maximum atomic E-state index is 6.06. The van der Waals surface area contributed by atoms with E-state index in [2.05, 4.69) is 4.98 Å². The molecule has 0 saturated carbocycles. The van der Waals surface area contributed by atoms with Gasteiger partial charge in [0.25, 0.3) is 0 Å². The van der Waals surface area contributed by atoms with Crippen molar-refractivity contribution in [3.8, 4) is 5.75 Å². The number of thiazole rings is 1. The normalized spacial score (nSPS) is 13.9. The van der Waals surface area contributed by atoms with Gasteiger partial charge in [-0.1, -0.05) is 12.1 Å². The summed E-state index contributed by atoms with van der Waals surface area (Å²) in [6.07, 6.45) is 0.764. The molecule has 5 heteroatoms. The molecule has 2 rings (SSSR count). The van der Waals surface area contributed by atoms with Crippen molar-refractivity contribution in [2.75, 3.05) is 13.7 Å². The Morgan fingerprint density at radius 1 is 1.29 bits per heavy atom. The van der Waals surface area contributed by atoms with Crippen LogP contribution >= 0.6 is 11.3 Å². The van der Waals surface area contributed by atoms with E-state index >= 15 is 0 Å². The van der Waals surface area contributed by atoms with E-state index in [0.717, 1.165) is 23.4 Å². The number of aromatic nitrogens is 1. The van der Waals surface area contributed by atoms with Crippen molar-refractivity contribution in [3.63, 3.8) is 0 Å². The van der Waals surface area contributed by atoms with Gasteiger partial charge in [0.05, 0.1) is 31.0 Å². The van der Waals surface area contributed by atoms with E-state index in [0.29, 0.717) is 6.61 Å². The second-order valence-electron chi connectivity index (χ2n) is 5.03. The van der Waals surface area contributed by atoms with Gasteiger partial charge in [0, 0.05) is 17.3 Å². The fraction of sp³-hybridized carbons (Fsp3) is 0.438. The first kappa shape index (κ1) is 15.9. The summed E-state index contributed by atoms with van der Waals surface area (Å²) in [5.74, 6) is 0.836. The summed E-state index contributed by atoms with van der Waals surface area (Å²) in [6.45, 7) is 4.63. The fourth-order valence-corrected chi connectivity index (χ4v) is 2.95. The van der Waals surface area contributed by atoms with Crippen molar-refractivity contribution < 1.29 is 9.47 Å².